The first-order valence-electron chi connectivity index (χ1n) is 6.68. The molecule has 25 heavy (non-hydrogen) atoms. The standard InChI is InChI=1S/C17H12N2O4S.Na/c1-12-9-14(16(11-18)19-2)10-15(23-12)8-7-13-5-3-4-6-17(13)24(20,21)22;/h3-10H,1H3,(H,20,21,22);/q;+1/p-1/b8-7+,16-14+;. The average molecular weight is 362 g/mol. The Bertz CT molecular complexity index is 974. The van der Waals surface area contributed by atoms with Crippen LogP contribution in [0.3, 0.4) is 0 Å². The van der Waals surface area contributed by atoms with Crippen molar-refractivity contribution in [1.29, 1.82) is 5.26 Å². The fourth-order valence-corrected chi connectivity index (χ4v) is 2.72. The van der Waals surface area contributed by atoms with Crippen molar-refractivity contribution in [2.75, 3.05) is 0 Å². The third-order valence-corrected chi connectivity index (χ3v) is 3.95. The summed E-state index contributed by atoms with van der Waals surface area (Å²) in [4.78, 5) is 2.81. The summed E-state index contributed by atoms with van der Waals surface area (Å²) in [5.74, 6) is 0.799. The van der Waals surface area contributed by atoms with Crippen LogP contribution in [-0.4, -0.2) is 13.0 Å². The van der Waals surface area contributed by atoms with E-state index in [-0.39, 0.29) is 45.7 Å². The average Bonchev–Trinajstić information content (AvgIpc) is 2.53. The number of allylic oxidation sites excluding steroid dienone is 6. The molecular weight excluding hydrogens is 351 g/mol. The summed E-state index contributed by atoms with van der Waals surface area (Å²) in [7, 11) is -4.59. The summed E-state index contributed by atoms with van der Waals surface area (Å²) in [5, 5.41) is 8.94. The molecule has 0 atom stereocenters. The van der Waals surface area contributed by atoms with Crippen molar-refractivity contribution in [3.8, 4) is 6.07 Å². The van der Waals surface area contributed by atoms with Gasteiger partial charge in [-0.05, 0) is 42.4 Å². The van der Waals surface area contributed by atoms with Crippen molar-refractivity contribution < 1.29 is 47.3 Å². The van der Waals surface area contributed by atoms with Gasteiger partial charge in [-0.1, -0.05) is 24.3 Å². The van der Waals surface area contributed by atoms with Crippen molar-refractivity contribution in [2.45, 2.75) is 11.8 Å². The number of nitrogens with zero attached hydrogens (tertiary/aromatic N) is 2. The number of hydrogen-bond acceptors (Lipinski definition) is 5. The second-order valence-corrected chi connectivity index (χ2v) is 6.10. The van der Waals surface area contributed by atoms with Crippen LogP contribution in [0.15, 0.2) is 70.2 Å². The van der Waals surface area contributed by atoms with Gasteiger partial charge in [-0.25, -0.2) is 18.5 Å². The van der Waals surface area contributed by atoms with Crippen LogP contribution in [0.25, 0.3) is 10.9 Å². The van der Waals surface area contributed by atoms with Crippen molar-refractivity contribution in [3.05, 3.63) is 82.3 Å². The number of ether oxygens (including phenoxy) is 1. The SMILES string of the molecule is [C-]#[N+]/C(C#N)=C1\C=C(C)OC(/C=C/c2ccccc2S(=O)(=O)[O-])=C1.[Na+]. The second kappa shape index (κ2) is 8.82. The molecule has 0 fully saturated rings. The molecule has 0 bridgehead atoms. The van der Waals surface area contributed by atoms with Crippen molar-refractivity contribution in [1.82, 2.24) is 0 Å². The van der Waals surface area contributed by atoms with Gasteiger partial charge < -0.3 is 9.29 Å². The zero-order valence-corrected chi connectivity index (χ0v) is 16.4. The van der Waals surface area contributed by atoms with Gasteiger partial charge in [0.05, 0.1) is 17.5 Å². The fourth-order valence-electron chi connectivity index (χ4n) is 2.05. The molecule has 1 heterocycles. The third kappa shape index (κ3) is 5.43. The van der Waals surface area contributed by atoms with E-state index < -0.39 is 10.1 Å². The molecule has 0 radical (unpaired) electrons. The van der Waals surface area contributed by atoms with Gasteiger partial charge in [-0.15, -0.1) is 0 Å². The summed E-state index contributed by atoms with van der Waals surface area (Å²) in [6.45, 7) is 8.65. The fraction of sp³-hybridized carbons (Fsp3) is 0.0588. The maximum absolute atomic E-state index is 11.3. The third-order valence-electron chi connectivity index (χ3n) is 3.04. The zero-order chi connectivity index (χ0) is 17.7. The zero-order valence-electron chi connectivity index (χ0n) is 13.6. The molecule has 120 valence electrons. The summed E-state index contributed by atoms with van der Waals surface area (Å²) in [6.07, 6.45) is 5.95. The smallest absolute Gasteiger partial charge is 0.744 e. The van der Waals surface area contributed by atoms with Crippen LogP contribution in [-0.2, 0) is 14.9 Å². The van der Waals surface area contributed by atoms with Gasteiger partial charge in [0.1, 0.15) is 21.6 Å². The Balaban J connectivity index is 0.00000312. The molecule has 0 saturated heterocycles. The van der Waals surface area contributed by atoms with Gasteiger partial charge in [-0.3, -0.25) is 0 Å². The van der Waals surface area contributed by atoms with E-state index in [9.17, 15) is 13.0 Å². The first-order valence-corrected chi connectivity index (χ1v) is 8.08. The minimum atomic E-state index is -4.59. The predicted molar refractivity (Wildman–Crippen MR) is 85.6 cm³/mol. The number of nitriles is 1. The molecule has 0 unspecified atom stereocenters. The van der Waals surface area contributed by atoms with E-state index in [2.05, 4.69) is 4.85 Å². The van der Waals surface area contributed by atoms with E-state index >= 15 is 0 Å². The normalized spacial score (nSPS) is 15.8. The topological polar surface area (TPSA) is 94.6 Å². The van der Waals surface area contributed by atoms with E-state index in [1.54, 1.807) is 25.1 Å². The van der Waals surface area contributed by atoms with Crippen molar-refractivity contribution in [2.24, 2.45) is 0 Å². The van der Waals surface area contributed by atoms with Crippen LogP contribution >= 0.6 is 0 Å². The minimum Gasteiger partial charge on any atom is -0.744 e. The van der Waals surface area contributed by atoms with E-state index in [0.29, 0.717) is 17.1 Å². The summed E-state index contributed by atoms with van der Waals surface area (Å²) in [5.41, 5.74) is 0.548. The van der Waals surface area contributed by atoms with Gasteiger partial charge in [0.25, 0.3) is 5.70 Å². The quantitative estimate of drug-likeness (QED) is 0.330. The van der Waals surface area contributed by atoms with E-state index in [4.69, 9.17) is 16.6 Å². The molecule has 8 heteroatoms. The molecule has 1 aromatic rings. The summed E-state index contributed by atoms with van der Waals surface area (Å²) < 4.78 is 39.2. The Kier molecular flexibility index (Phi) is 7.38. The van der Waals surface area contributed by atoms with Crippen molar-refractivity contribution >= 4 is 16.2 Å². The molecule has 1 aliphatic heterocycles. The van der Waals surface area contributed by atoms with Crippen LogP contribution in [0.1, 0.15) is 12.5 Å². The second-order valence-electron chi connectivity index (χ2n) is 4.76. The Morgan fingerprint density at radius 1 is 1.32 bits per heavy atom. The van der Waals surface area contributed by atoms with E-state index in [1.165, 1.54) is 36.4 Å². The number of hydrogen-bond donors (Lipinski definition) is 0. The first-order chi connectivity index (χ1) is 11.3. The maximum atomic E-state index is 11.3. The molecule has 1 aliphatic rings. The molecule has 6 nitrogen and oxygen atoms in total. The van der Waals surface area contributed by atoms with Crippen LogP contribution in [0.2, 0.25) is 0 Å². The molecular formula is C17H11N2NaO4S. The van der Waals surface area contributed by atoms with Gasteiger partial charge in [0, 0.05) is 0 Å². The van der Waals surface area contributed by atoms with Gasteiger partial charge in [0.15, 0.2) is 0 Å². The predicted octanol–water partition coefficient (Wildman–Crippen LogP) is 0.123. The Labute approximate surface area is 168 Å². The molecule has 0 N–H and O–H groups in total. The Hall–Kier alpha value is -2.13. The monoisotopic (exact) mass is 362 g/mol. The van der Waals surface area contributed by atoms with Crippen LogP contribution in [0, 0.1) is 17.9 Å². The molecule has 1 aromatic carbocycles. The minimum absolute atomic E-state index is 0. The molecule has 0 aromatic heterocycles. The van der Waals surface area contributed by atoms with Crippen LogP contribution in [0.5, 0.6) is 0 Å². The van der Waals surface area contributed by atoms with E-state index in [1.807, 2.05) is 0 Å². The maximum Gasteiger partial charge on any atom is 1.00 e. The molecule has 0 amide bonds. The van der Waals surface area contributed by atoms with Crippen LogP contribution in [0.4, 0.5) is 0 Å². The molecule has 2 rings (SSSR count). The number of rotatable bonds is 3. The first kappa shape index (κ1) is 20.9. The molecule has 0 aliphatic carbocycles. The van der Waals surface area contributed by atoms with E-state index in [0.717, 1.165) is 0 Å². The van der Waals surface area contributed by atoms with Gasteiger partial charge in [0.2, 0.25) is 0 Å². The van der Waals surface area contributed by atoms with Gasteiger partial charge >= 0.3 is 29.6 Å². The van der Waals surface area contributed by atoms with Crippen molar-refractivity contribution in [3.63, 3.8) is 0 Å². The largest absolute Gasteiger partial charge is 1.00 e. The molecule has 0 spiro atoms. The summed E-state index contributed by atoms with van der Waals surface area (Å²) >= 11 is 0. The Morgan fingerprint density at radius 2 is 2.00 bits per heavy atom. The van der Waals surface area contributed by atoms with Gasteiger partial charge in [-0.2, -0.15) is 0 Å². The van der Waals surface area contributed by atoms with Crippen LogP contribution < -0.4 is 29.6 Å². The number of benzene rings is 1. The molecule has 0 saturated carbocycles. The summed E-state index contributed by atoms with van der Waals surface area (Å²) in [6, 6.07) is 7.58. The Morgan fingerprint density at radius 3 is 2.60 bits per heavy atom.